The Bertz CT molecular complexity index is 226. The monoisotopic (exact) mass is 473 g/mol. The first-order chi connectivity index (χ1) is 9.81. The maximum atomic E-state index is 3.97. The maximum Gasteiger partial charge on any atom is -0.344 e. The number of hydrogen-bond donors (Lipinski definition) is 1. The van der Waals surface area contributed by atoms with Crippen molar-refractivity contribution in [1.29, 1.82) is 0 Å². The number of halogens is 1. The van der Waals surface area contributed by atoms with E-state index in [9.17, 15) is 0 Å². The first kappa shape index (κ1) is 25.4. The zero-order chi connectivity index (χ0) is 16.1. The molecule has 1 nitrogen and oxygen atoms in total. The van der Waals surface area contributed by atoms with Crippen molar-refractivity contribution in [2.75, 3.05) is 0 Å². The van der Waals surface area contributed by atoms with Crippen LogP contribution in [0.5, 0.6) is 0 Å². The Morgan fingerprint density at radius 3 is 1.09 bits per heavy atom. The van der Waals surface area contributed by atoms with E-state index in [2.05, 4.69) is 35.4 Å². The van der Waals surface area contributed by atoms with E-state index in [4.69, 9.17) is 0 Å². The molecular formula is C19H45AgBrN. The molecule has 0 radical (unpaired) electrons. The maximum absolute atomic E-state index is 3.97. The van der Waals surface area contributed by atoms with E-state index in [0.717, 1.165) is 0 Å². The van der Waals surface area contributed by atoms with Crippen molar-refractivity contribution >= 4 is 13.0 Å². The number of rotatable bonds is 15. The Morgan fingerprint density at radius 1 is 0.545 bits per heavy atom. The Hall–Kier alpha value is 1.18. The van der Waals surface area contributed by atoms with Gasteiger partial charge in [-0.05, 0) is 0 Å². The largest absolute Gasteiger partial charge is 0.344 e. The summed E-state index contributed by atoms with van der Waals surface area (Å²) < 4.78 is 1.43. The quantitative estimate of drug-likeness (QED) is 0.186. The van der Waals surface area contributed by atoms with Gasteiger partial charge in [-0.15, -0.1) is 0 Å². The summed E-state index contributed by atoms with van der Waals surface area (Å²) in [4.78, 5) is 0. The summed E-state index contributed by atoms with van der Waals surface area (Å²) >= 11 is 2.33. The van der Waals surface area contributed by atoms with E-state index in [1.807, 2.05) is 0 Å². The summed E-state index contributed by atoms with van der Waals surface area (Å²) in [5.41, 5.74) is 0. The van der Waals surface area contributed by atoms with E-state index < -0.39 is 13.7 Å². The first-order valence-electron chi connectivity index (χ1n) is 8.94. The minimum atomic E-state index is -1.64. The molecule has 0 saturated heterocycles. The molecule has 0 spiro atoms. The molecule has 0 aromatic heterocycles. The molecule has 0 fully saturated rings. The average molecular weight is 475 g/mol. The van der Waals surface area contributed by atoms with Crippen molar-refractivity contribution in [2.45, 2.75) is 117 Å². The first-order valence-corrected chi connectivity index (χ1v) is 17.8. The molecule has 0 saturated carbocycles. The van der Waals surface area contributed by atoms with Crippen LogP contribution in [0.1, 0.15) is 96.8 Å². The summed E-state index contributed by atoms with van der Waals surface area (Å²) in [5, 5.41) is 7.34. The van der Waals surface area contributed by atoms with Gasteiger partial charge in [-0.2, -0.15) is 0 Å². The molecule has 0 atom stereocenters. The van der Waals surface area contributed by atoms with Crippen LogP contribution >= 0.6 is 13.0 Å². The molecular weight excluding hydrogens is 430 g/mol. The molecule has 0 rings (SSSR count). The van der Waals surface area contributed by atoms with Crippen LogP contribution in [0.4, 0.5) is 0 Å². The van der Waals surface area contributed by atoms with E-state index in [1.165, 1.54) is 94.5 Å². The van der Waals surface area contributed by atoms with E-state index in [0.29, 0.717) is 0 Å². The third kappa shape index (κ3) is 23.4. The fourth-order valence-corrected chi connectivity index (χ4v) is 5.77. The summed E-state index contributed by atoms with van der Waals surface area (Å²) in [6.07, 6.45) is 20.4. The molecule has 0 unspecified atom stereocenters. The predicted molar refractivity (Wildman–Crippen MR) is 107 cm³/mol. The summed E-state index contributed by atoms with van der Waals surface area (Å²) in [6, 6.07) is 0. The molecule has 0 bridgehead atoms. The third-order valence-corrected chi connectivity index (χ3v) is 8.41. The van der Waals surface area contributed by atoms with Crippen LogP contribution in [0.2, 0.25) is 20.1 Å². The van der Waals surface area contributed by atoms with Gasteiger partial charge in [0.1, 0.15) is 0 Å². The van der Waals surface area contributed by atoms with Crippen LogP contribution in [0, 0.1) is 0 Å². The second-order valence-electron chi connectivity index (χ2n) is 7.21. The van der Waals surface area contributed by atoms with Crippen molar-refractivity contribution in [2.24, 2.45) is 0 Å². The SMILES string of the molecule is CCCCCCCCCCCCCCC[CH2][Ag]([CH3])([CH3])([CH3])[Br].N. The summed E-state index contributed by atoms with van der Waals surface area (Å²) in [6.45, 7) is 2.29. The Morgan fingerprint density at radius 2 is 0.818 bits per heavy atom. The van der Waals surface area contributed by atoms with Gasteiger partial charge in [0.25, 0.3) is 0 Å². The third-order valence-electron chi connectivity index (χ3n) is 3.97. The second kappa shape index (κ2) is 14.5. The minimum Gasteiger partial charge on any atom is -0.344 e. The van der Waals surface area contributed by atoms with E-state index in [1.54, 1.807) is 0 Å². The fourth-order valence-electron chi connectivity index (χ4n) is 2.63. The van der Waals surface area contributed by atoms with E-state index >= 15 is 0 Å². The average Bonchev–Trinajstić information content (AvgIpc) is 2.37. The Labute approximate surface area is 149 Å². The second-order valence-corrected chi connectivity index (χ2v) is 28.1. The van der Waals surface area contributed by atoms with Gasteiger partial charge in [-0.25, -0.2) is 0 Å². The minimum absolute atomic E-state index is 0. The summed E-state index contributed by atoms with van der Waals surface area (Å²) in [5.74, 6) is 0. The van der Waals surface area contributed by atoms with Crippen LogP contribution in [-0.4, -0.2) is 0 Å². The van der Waals surface area contributed by atoms with Gasteiger partial charge >= 0.3 is 117 Å². The van der Waals surface area contributed by atoms with Crippen molar-refractivity contribution < 1.29 is 13.7 Å². The number of unbranched alkanes of at least 4 members (excludes halogenated alkanes) is 13. The van der Waals surface area contributed by atoms with Crippen molar-refractivity contribution in [3.63, 3.8) is 0 Å². The number of hydrogen-bond acceptors (Lipinski definition) is 1. The van der Waals surface area contributed by atoms with Crippen LogP contribution in [0.25, 0.3) is 0 Å². The molecule has 0 heterocycles. The molecule has 22 heavy (non-hydrogen) atoms. The van der Waals surface area contributed by atoms with Crippen LogP contribution in [0.3, 0.4) is 0 Å². The summed E-state index contributed by atoms with van der Waals surface area (Å²) in [7, 11) is 0. The Kier molecular flexibility index (Phi) is 16.8. The standard InChI is InChI=1S/C16H33.3CH3.Ag.BrH.H3N/c1-3-5-7-9-11-13-15-16-14-12-10-8-6-4-2;;;;;;/h1,3-16H2,2H3;3*1H3;;1H;1H3/q;;;;+1;;/p-1. The molecule has 0 aromatic carbocycles. The van der Waals surface area contributed by atoms with Crippen molar-refractivity contribution in [3.8, 4) is 0 Å². The van der Waals surface area contributed by atoms with Crippen molar-refractivity contribution in [3.05, 3.63) is 0 Å². The van der Waals surface area contributed by atoms with Gasteiger partial charge in [0, 0.05) is 0 Å². The van der Waals surface area contributed by atoms with Crippen LogP contribution < -0.4 is 6.15 Å². The molecule has 144 valence electrons. The zero-order valence-electron chi connectivity index (χ0n) is 16.0. The molecule has 0 aromatic rings. The molecule has 0 amide bonds. The van der Waals surface area contributed by atoms with Crippen LogP contribution in [-0.2, 0) is 13.7 Å². The predicted octanol–water partition coefficient (Wildman–Crippen LogP) is 9.19. The van der Waals surface area contributed by atoms with Crippen molar-refractivity contribution in [1.82, 2.24) is 6.15 Å². The molecule has 3 N–H and O–H groups in total. The Balaban J connectivity index is 0. The van der Waals surface area contributed by atoms with Gasteiger partial charge in [0.2, 0.25) is 0 Å². The zero-order valence-corrected chi connectivity index (χ0v) is 19.1. The molecule has 0 aliphatic heterocycles. The van der Waals surface area contributed by atoms with E-state index in [-0.39, 0.29) is 6.15 Å². The van der Waals surface area contributed by atoms with Crippen LogP contribution in [0.15, 0.2) is 0 Å². The van der Waals surface area contributed by atoms with Gasteiger partial charge in [-0.3, -0.25) is 0 Å². The topological polar surface area (TPSA) is 35.0 Å². The molecule has 3 heteroatoms. The molecule has 0 aliphatic rings. The van der Waals surface area contributed by atoms with Gasteiger partial charge in [0.15, 0.2) is 0 Å². The van der Waals surface area contributed by atoms with Gasteiger partial charge in [0.05, 0.1) is 0 Å². The smallest absolute Gasteiger partial charge is 0.344 e. The van der Waals surface area contributed by atoms with Gasteiger partial charge < -0.3 is 6.15 Å². The fraction of sp³-hybridized carbons (Fsp3) is 1.00. The molecule has 0 aliphatic carbocycles. The normalized spacial score (nSPS) is 13.4. The van der Waals surface area contributed by atoms with Gasteiger partial charge in [-0.1, -0.05) is 26.2 Å².